The van der Waals surface area contributed by atoms with E-state index in [1.807, 2.05) is 24.4 Å². The van der Waals surface area contributed by atoms with E-state index in [1.54, 1.807) is 26.6 Å². The summed E-state index contributed by atoms with van der Waals surface area (Å²) in [7, 11) is 1.24. The summed E-state index contributed by atoms with van der Waals surface area (Å²) >= 11 is 3.64. The predicted octanol–water partition coefficient (Wildman–Crippen LogP) is 7.91. The van der Waals surface area contributed by atoms with E-state index < -0.39 is 7.14 Å². The minimum atomic E-state index is -2.69. The number of piperidine rings is 1. The Morgan fingerprint density at radius 1 is 0.980 bits per heavy atom. The van der Waals surface area contributed by atoms with Crippen molar-refractivity contribution in [2.75, 3.05) is 82.3 Å². The summed E-state index contributed by atoms with van der Waals surface area (Å²) in [5.74, 6) is 1.74. The number of H-pyrrole nitrogens is 1. The fourth-order valence-electron chi connectivity index (χ4n) is 7.46. The fraction of sp³-hybridized carbons (Fsp3) is 0.385. The summed E-state index contributed by atoms with van der Waals surface area (Å²) in [6.45, 7) is 12.5. The van der Waals surface area contributed by atoms with E-state index in [2.05, 4.69) is 102 Å². The molecule has 3 aromatic carbocycles. The summed E-state index contributed by atoms with van der Waals surface area (Å²) in [6.07, 6.45) is 6.92. The SMILES string of the molecule is CCc1cc(Nc2ncc(Br)c(Nc3ccc(-c4cccc5cc[nH]c45)cc3P(C)(C)=O)n2)c(OC)cc1N1CCC(N2CCN(C)CC2)CC1. The van der Waals surface area contributed by atoms with Crippen LogP contribution in [-0.2, 0) is 11.0 Å². The molecule has 5 aromatic rings. The number of anilines is 5. The predicted molar refractivity (Wildman–Crippen MR) is 216 cm³/mol. The number of aromatic amines is 1. The quantitative estimate of drug-likeness (QED) is 0.122. The Balaban J connectivity index is 1.11. The first-order chi connectivity index (χ1) is 24.6. The van der Waals surface area contributed by atoms with E-state index in [9.17, 15) is 4.57 Å². The molecule has 51 heavy (non-hydrogen) atoms. The van der Waals surface area contributed by atoms with E-state index in [0.29, 0.717) is 22.3 Å². The van der Waals surface area contributed by atoms with Gasteiger partial charge in [-0.15, -0.1) is 0 Å². The highest BCUT2D eigenvalue weighted by Crippen LogP contribution is 2.42. The second-order valence-corrected chi connectivity index (χ2v) is 18.1. The summed E-state index contributed by atoms with van der Waals surface area (Å²) in [5, 5.41) is 8.77. The van der Waals surface area contributed by atoms with E-state index in [1.165, 1.54) is 37.2 Å². The van der Waals surface area contributed by atoms with Crippen LogP contribution >= 0.6 is 23.1 Å². The third kappa shape index (κ3) is 7.68. The molecule has 4 heterocycles. The van der Waals surface area contributed by atoms with Gasteiger partial charge < -0.3 is 34.7 Å². The molecule has 2 fully saturated rings. The van der Waals surface area contributed by atoms with Gasteiger partial charge in [0.15, 0.2) is 0 Å². The first-order valence-electron chi connectivity index (χ1n) is 17.8. The zero-order valence-electron chi connectivity index (χ0n) is 30.2. The molecule has 3 N–H and O–H groups in total. The number of rotatable bonds is 10. The molecule has 7 rings (SSSR count). The minimum absolute atomic E-state index is 0.426. The third-order valence-electron chi connectivity index (χ3n) is 10.4. The monoisotopic (exact) mass is 770 g/mol. The number of benzene rings is 3. The van der Waals surface area contributed by atoms with Gasteiger partial charge in [-0.1, -0.05) is 31.2 Å². The Bertz CT molecular complexity index is 2060. The van der Waals surface area contributed by atoms with Crippen LogP contribution in [0.1, 0.15) is 25.3 Å². The number of piperazine rings is 1. The maximum atomic E-state index is 13.7. The zero-order valence-corrected chi connectivity index (χ0v) is 32.7. The molecule has 10 nitrogen and oxygen atoms in total. The van der Waals surface area contributed by atoms with Crippen LogP contribution in [0, 0.1) is 0 Å². The van der Waals surface area contributed by atoms with Gasteiger partial charge in [0.05, 0.1) is 28.5 Å². The Morgan fingerprint density at radius 3 is 2.49 bits per heavy atom. The largest absolute Gasteiger partial charge is 0.494 e. The van der Waals surface area contributed by atoms with Crippen molar-refractivity contribution < 1.29 is 9.30 Å². The molecular formula is C39H48BrN8O2P. The van der Waals surface area contributed by atoms with Crippen molar-refractivity contribution >= 4 is 68.1 Å². The number of halogens is 1. The number of aromatic nitrogens is 3. The van der Waals surface area contributed by atoms with E-state index >= 15 is 0 Å². The summed E-state index contributed by atoms with van der Waals surface area (Å²) in [6, 6.07) is 19.3. The highest BCUT2D eigenvalue weighted by atomic mass is 79.9. The van der Waals surface area contributed by atoms with Crippen molar-refractivity contribution in [1.29, 1.82) is 0 Å². The fourth-order valence-corrected chi connectivity index (χ4v) is 8.91. The third-order valence-corrected chi connectivity index (χ3v) is 12.5. The topological polar surface area (TPSA) is 102 Å². The van der Waals surface area contributed by atoms with E-state index in [-0.39, 0.29) is 0 Å². The van der Waals surface area contributed by atoms with Gasteiger partial charge in [0.25, 0.3) is 0 Å². The maximum Gasteiger partial charge on any atom is 0.229 e. The van der Waals surface area contributed by atoms with Crippen LogP contribution in [0.25, 0.3) is 22.0 Å². The van der Waals surface area contributed by atoms with Gasteiger partial charge in [-0.25, -0.2) is 4.98 Å². The van der Waals surface area contributed by atoms with Crippen molar-refractivity contribution in [2.45, 2.75) is 32.2 Å². The average Bonchev–Trinajstić information content (AvgIpc) is 3.62. The van der Waals surface area contributed by atoms with Crippen molar-refractivity contribution in [3.8, 4) is 16.9 Å². The summed E-state index contributed by atoms with van der Waals surface area (Å²) in [5.41, 5.74) is 7.17. The molecule has 0 bridgehead atoms. The molecule has 12 heteroatoms. The van der Waals surface area contributed by atoms with Crippen LogP contribution < -0.4 is 25.6 Å². The molecule has 2 saturated heterocycles. The van der Waals surface area contributed by atoms with Crippen molar-refractivity contribution in [2.24, 2.45) is 0 Å². The lowest BCUT2D eigenvalue weighted by Gasteiger charge is -2.43. The van der Waals surface area contributed by atoms with Gasteiger partial charge >= 0.3 is 0 Å². The number of fused-ring (bicyclic) bond motifs is 1. The van der Waals surface area contributed by atoms with Crippen LogP contribution in [0.15, 0.2) is 71.5 Å². The molecule has 2 aliphatic rings. The van der Waals surface area contributed by atoms with Crippen LogP contribution in [-0.4, -0.2) is 97.5 Å². The highest BCUT2D eigenvalue weighted by Gasteiger charge is 2.28. The molecule has 2 aliphatic heterocycles. The number of likely N-dealkylation sites (N-methyl/N-ethyl adjacent to an activating group) is 1. The van der Waals surface area contributed by atoms with Crippen LogP contribution in [0.2, 0.25) is 0 Å². The normalized spacial score (nSPS) is 16.5. The van der Waals surface area contributed by atoms with Crippen LogP contribution in [0.5, 0.6) is 5.75 Å². The number of hydrogen-bond acceptors (Lipinski definition) is 9. The molecule has 268 valence electrons. The molecule has 2 aromatic heterocycles. The van der Waals surface area contributed by atoms with E-state index in [4.69, 9.17) is 9.72 Å². The number of methoxy groups -OCH3 is 1. The number of aryl methyl sites for hydroxylation is 1. The van der Waals surface area contributed by atoms with Gasteiger partial charge in [-0.3, -0.25) is 4.90 Å². The van der Waals surface area contributed by atoms with E-state index in [0.717, 1.165) is 77.1 Å². The summed E-state index contributed by atoms with van der Waals surface area (Å²) in [4.78, 5) is 20.4. The van der Waals surface area contributed by atoms with Gasteiger partial charge in [0, 0.05) is 80.3 Å². The highest BCUT2D eigenvalue weighted by molar-refractivity contribution is 9.10. The second-order valence-electron chi connectivity index (χ2n) is 14.1. The standard InChI is InChI=1S/C39H48BrN8O2P/c1-6-26-22-33(35(50-3)24-34(26)48-16-13-29(14-17-48)47-20-18-46(2)19-21-47)44-39-42-25-31(40)38(45-39)43-32-11-10-28(23-36(32)51(4,5)49)30-9-7-8-27-12-15-41-37(27)30/h7-12,15,22-25,29,41H,6,13-14,16-21H2,1-5H3,(H2,42,43,44,45). The second kappa shape index (κ2) is 15.0. The first-order valence-corrected chi connectivity index (χ1v) is 21.2. The molecule has 0 unspecified atom stereocenters. The van der Waals surface area contributed by atoms with Gasteiger partial charge in [0.2, 0.25) is 5.95 Å². The zero-order chi connectivity index (χ0) is 35.7. The van der Waals surface area contributed by atoms with Gasteiger partial charge in [-0.2, -0.15) is 4.98 Å². The number of hydrogen-bond donors (Lipinski definition) is 3. The Hall–Kier alpha value is -3.89. The molecule has 0 spiro atoms. The lowest BCUT2D eigenvalue weighted by molar-refractivity contribution is 0.0982. The van der Waals surface area contributed by atoms with Gasteiger partial charge in [-0.05, 0) is 96.3 Å². The maximum absolute atomic E-state index is 13.7. The number of nitrogens with zero attached hydrogens (tertiary/aromatic N) is 5. The van der Waals surface area contributed by atoms with Crippen molar-refractivity contribution in [3.63, 3.8) is 0 Å². The molecule has 0 amide bonds. The molecule has 0 aliphatic carbocycles. The van der Waals surface area contributed by atoms with Crippen molar-refractivity contribution in [3.05, 3.63) is 77.0 Å². The lowest BCUT2D eigenvalue weighted by Crippen LogP contribution is -2.52. The minimum Gasteiger partial charge on any atom is -0.494 e. The first kappa shape index (κ1) is 35.5. The Labute approximate surface area is 309 Å². The van der Waals surface area contributed by atoms with Crippen LogP contribution in [0.3, 0.4) is 0 Å². The molecular weight excluding hydrogens is 723 g/mol. The lowest BCUT2D eigenvalue weighted by atomic mass is 9.99. The Morgan fingerprint density at radius 2 is 1.76 bits per heavy atom. The summed E-state index contributed by atoms with van der Waals surface area (Å²) < 4.78 is 20.3. The Kier molecular flexibility index (Phi) is 10.4. The molecule has 0 saturated carbocycles. The smallest absolute Gasteiger partial charge is 0.229 e. The number of nitrogens with one attached hydrogen (secondary N) is 3. The molecule has 0 atom stereocenters. The number of ether oxygens (including phenoxy) is 1. The van der Waals surface area contributed by atoms with Crippen molar-refractivity contribution in [1.82, 2.24) is 24.8 Å². The number of para-hydroxylation sites is 1. The average molecular weight is 772 g/mol. The van der Waals surface area contributed by atoms with Crippen LogP contribution in [0.4, 0.5) is 28.8 Å². The van der Waals surface area contributed by atoms with Gasteiger partial charge in [0.1, 0.15) is 18.7 Å². The molecule has 0 radical (unpaired) electrons.